The van der Waals surface area contributed by atoms with Crippen LogP contribution >= 0.6 is 0 Å². The van der Waals surface area contributed by atoms with Gasteiger partial charge in [0.05, 0.1) is 0 Å². The number of aryl methyl sites for hydroxylation is 1. The van der Waals surface area contributed by atoms with Crippen LogP contribution in [0.15, 0.2) is 53.6 Å². The lowest BCUT2D eigenvalue weighted by atomic mass is 10.1. The summed E-state index contributed by atoms with van der Waals surface area (Å²) >= 11 is 0. The average molecular weight is 353 g/mol. The standard InChI is InChI=1S/C19H18FN4O2/c1-13-4-2-3-5-14(13)12-24-18(26)17(25)23-11-10-22(19(23)21-24)16-8-6-15(20)7-9-16/h2-9,19H,10-12H2,1H3/q+1. The number of anilines is 1. The summed E-state index contributed by atoms with van der Waals surface area (Å²) in [4.78, 5) is 28.3. The van der Waals surface area contributed by atoms with Gasteiger partial charge in [0.2, 0.25) is 6.54 Å². The van der Waals surface area contributed by atoms with E-state index in [1.165, 1.54) is 21.7 Å². The molecule has 6 nitrogen and oxygen atoms in total. The first-order valence-corrected chi connectivity index (χ1v) is 8.44. The number of azo groups is 2. The first-order chi connectivity index (χ1) is 12.5. The molecule has 0 aromatic heterocycles. The Morgan fingerprint density at radius 3 is 2.50 bits per heavy atom. The maximum Gasteiger partial charge on any atom is 0.502 e. The van der Waals surface area contributed by atoms with Crippen LogP contribution in [0.3, 0.4) is 0 Å². The molecule has 2 aromatic carbocycles. The first-order valence-electron chi connectivity index (χ1n) is 8.44. The van der Waals surface area contributed by atoms with Crippen molar-refractivity contribution in [2.45, 2.75) is 19.8 Å². The summed E-state index contributed by atoms with van der Waals surface area (Å²) in [6.45, 7) is 3.16. The van der Waals surface area contributed by atoms with E-state index in [0.29, 0.717) is 13.1 Å². The number of fused-ring (bicyclic) bond motifs is 1. The molecule has 2 aromatic rings. The molecule has 0 spiro atoms. The Hall–Kier alpha value is -3.09. The molecule has 0 aliphatic carbocycles. The van der Waals surface area contributed by atoms with Crippen LogP contribution in [0.25, 0.3) is 0 Å². The number of rotatable bonds is 3. The van der Waals surface area contributed by atoms with Gasteiger partial charge in [0, 0.05) is 29.5 Å². The Morgan fingerprint density at radius 1 is 1.08 bits per heavy atom. The Labute approximate surface area is 150 Å². The average Bonchev–Trinajstić information content (AvgIpc) is 3.06. The van der Waals surface area contributed by atoms with Gasteiger partial charge >= 0.3 is 11.8 Å². The van der Waals surface area contributed by atoms with E-state index in [1.807, 2.05) is 36.1 Å². The lowest BCUT2D eigenvalue weighted by Crippen LogP contribution is -2.51. The molecule has 1 fully saturated rings. The van der Waals surface area contributed by atoms with E-state index in [2.05, 4.69) is 5.11 Å². The van der Waals surface area contributed by atoms with Crippen molar-refractivity contribution in [3.63, 3.8) is 0 Å². The largest absolute Gasteiger partial charge is 0.502 e. The second-order valence-electron chi connectivity index (χ2n) is 6.42. The van der Waals surface area contributed by atoms with Gasteiger partial charge in [-0.3, -0.25) is 9.69 Å². The predicted octanol–water partition coefficient (Wildman–Crippen LogP) is 2.27. The third-order valence-electron chi connectivity index (χ3n) is 4.80. The Kier molecular flexibility index (Phi) is 3.99. The molecule has 0 saturated carbocycles. The molecule has 2 aliphatic heterocycles. The fraction of sp³-hybridized carbons (Fsp3) is 0.263. The molecular weight excluding hydrogens is 335 g/mol. The fourth-order valence-corrected chi connectivity index (χ4v) is 3.31. The number of halogens is 1. The van der Waals surface area contributed by atoms with Crippen LogP contribution in [0, 0.1) is 12.7 Å². The summed E-state index contributed by atoms with van der Waals surface area (Å²) in [5, 5.41) is 4.51. The van der Waals surface area contributed by atoms with Crippen LogP contribution < -0.4 is 4.90 Å². The first kappa shape index (κ1) is 16.4. The van der Waals surface area contributed by atoms with Crippen LogP contribution in [0.1, 0.15) is 11.1 Å². The van der Waals surface area contributed by atoms with Crippen molar-refractivity contribution in [3.05, 3.63) is 65.5 Å². The molecule has 1 unspecified atom stereocenters. The highest BCUT2D eigenvalue weighted by atomic mass is 19.1. The minimum absolute atomic E-state index is 0.249. The Morgan fingerprint density at radius 2 is 1.77 bits per heavy atom. The maximum absolute atomic E-state index is 13.2. The fourth-order valence-electron chi connectivity index (χ4n) is 3.31. The van der Waals surface area contributed by atoms with Gasteiger partial charge in [0.1, 0.15) is 5.82 Å². The number of nitrogens with zero attached hydrogens (tertiary/aromatic N) is 4. The second kappa shape index (κ2) is 6.33. The highest BCUT2D eigenvalue weighted by Crippen LogP contribution is 2.27. The summed E-state index contributed by atoms with van der Waals surface area (Å²) in [7, 11) is 0. The predicted molar refractivity (Wildman–Crippen MR) is 91.8 cm³/mol. The minimum Gasteiger partial charge on any atom is -0.326 e. The molecule has 26 heavy (non-hydrogen) atoms. The summed E-state index contributed by atoms with van der Waals surface area (Å²) in [5.41, 5.74) is 2.74. The highest BCUT2D eigenvalue weighted by Gasteiger charge is 2.49. The zero-order valence-electron chi connectivity index (χ0n) is 14.3. The van der Waals surface area contributed by atoms with Crippen molar-refractivity contribution < 1.29 is 18.7 Å². The van der Waals surface area contributed by atoms with Gasteiger partial charge < -0.3 is 4.90 Å². The number of benzene rings is 2. The molecule has 2 amide bonds. The van der Waals surface area contributed by atoms with E-state index >= 15 is 0 Å². The van der Waals surface area contributed by atoms with Crippen LogP contribution in [-0.4, -0.2) is 40.8 Å². The molecule has 4 rings (SSSR count). The lowest BCUT2D eigenvalue weighted by molar-refractivity contribution is -0.534. The van der Waals surface area contributed by atoms with Crippen molar-refractivity contribution in [1.29, 1.82) is 0 Å². The SMILES string of the molecule is Cc1ccccc1C[N+]1=NC2N(CCN2c2ccc(F)cc2)C(=O)C1=O. The molecule has 132 valence electrons. The number of carbonyl (C=O) groups is 2. The van der Waals surface area contributed by atoms with Gasteiger partial charge in [-0.25, -0.2) is 9.18 Å². The highest BCUT2D eigenvalue weighted by molar-refractivity contribution is 6.31. The Bertz CT molecular complexity index is 910. The smallest absolute Gasteiger partial charge is 0.326 e. The van der Waals surface area contributed by atoms with E-state index in [4.69, 9.17) is 0 Å². The summed E-state index contributed by atoms with van der Waals surface area (Å²) < 4.78 is 14.4. The molecule has 7 heteroatoms. The number of hydrogen-bond donors (Lipinski definition) is 0. The van der Waals surface area contributed by atoms with Gasteiger partial charge in [-0.05, 0) is 41.5 Å². The molecule has 0 bridgehead atoms. The third kappa shape index (κ3) is 2.75. The quantitative estimate of drug-likeness (QED) is 0.628. The van der Waals surface area contributed by atoms with Crippen LogP contribution in [-0.2, 0) is 16.1 Å². The van der Waals surface area contributed by atoms with E-state index in [9.17, 15) is 14.0 Å². The molecule has 2 heterocycles. The maximum atomic E-state index is 13.2. The number of amides is 2. The van der Waals surface area contributed by atoms with E-state index in [0.717, 1.165) is 16.8 Å². The van der Waals surface area contributed by atoms with Crippen molar-refractivity contribution in [3.8, 4) is 0 Å². The topological polar surface area (TPSA) is 56.0 Å². The third-order valence-corrected chi connectivity index (χ3v) is 4.80. The monoisotopic (exact) mass is 353 g/mol. The van der Waals surface area contributed by atoms with Gasteiger partial charge in [0.15, 0.2) is 0 Å². The number of hydrogen-bond acceptors (Lipinski definition) is 4. The zero-order valence-corrected chi connectivity index (χ0v) is 14.3. The van der Waals surface area contributed by atoms with Gasteiger partial charge in [0.25, 0.3) is 6.29 Å². The molecular formula is C19H18FN4O2+. The number of carbonyl (C=O) groups excluding carboxylic acids is 2. The van der Waals surface area contributed by atoms with Crippen molar-refractivity contribution in [2.75, 3.05) is 18.0 Å². The van der Waals surface area contributed by atoms with Crippen molar-refractivity contribution >= 4 is 17.5 Å². The molecule has 2 aliphatic rings. The van der Waals surface area contributed by atoms with E-state index in [1.54, 1.807) is 12.1 Å². The van der Waals surface area contributed by atoms with Crippen LogP contribution in [0.5, 0.6) is 0 Å². The van der Waals surface area contributed by atoms with Crippen molar-refractivity contribution in [2.24, 2.45) is 5.11 Å². The van der Waals surface area contributed by atoms with Crippen LogP contribution in [0.2, 0.25) is 0 Å². The molecule has 0 radical (unpaired) electrons. The lowest BCUT2D eigenvalue weighted by Gasteiger charge is -2.27. The summed E-state index contributed by atoms with van der Waals surface area (Å²) in [6, 6.07) is 13.7. The van der Waals surface area contributed by atoms with E-state index in [-0.39, 0.29) is 12.4 Å². The van der Waals surface area contributed by atoms with Crippen LogP contribution in [0.4, 0.5) is 10.1 Å². The van der Waals surface area contributed by atoms with Gasteiger partial charge in [-0.1, -0.05) is 24.3 Å². The normalized spacial score (nSPS) is 19.6. The zero-order chi connectivity index (χ0) is 18.3. The van der Waals surface area contributed by atoms with Crippen molar-refractivity contribution in [1.82, 2.24) is 4.90 Å². The Balaban J connectivity index is 1.68. The van der Waals surface area contributed by atoms with Gasteiger partial charge in [-0.2, -0.15) is 0 Å². The molecule has 1 atom stereocenters. The van der Waals surface area contributed by atoms with Gasteiger partial charge in [-0.15, -0.1) is 0 Å². The summed E-state index contributed by atoms with van der Waals surface area (Å²) in [6.07, 6.45) is -0.588. The second-order valence-corrected chi connectivity index (χ2v) is 6.42. The van der Waals surface area contributed by atoms with E-state index < -0.39 is 18.1 Å². The molecule has 1 saturated heterocycles. The minimum atomic E-state index is -0.620. The molecule has 0 N–H and O–H groups in total. The summed E-state index contributed by atoms with van der Waals surface area (Å²) in [5.74, 6) is -1.49.